The van der Waals surface area contributed by atoms with Crippen LogP contribution in [-0.2, 0) is 4.74 Å². The topological polar surface area (TPSA) is 52.3 Å². The number of carbonyl (C=O) groups excluding carboxylic acids is 1. The normalized spacial score (nSPS) is 11.3. The van der Waals surface area contributed by atoms with Gasteiger partial charge < -0.3 is 10.5 Å². The van der Waals surface area contributed by atoms with Gasteiger partial charge in [0.1, 0.15) is 0 Å². The fourth-order valence-electron chi connectivity index (χ4n) is 1.22. The molecule has 94 valence electrons. The van der Waals surface area contributed by atoms with Crippen molar-refractivity contribution < 1.29 is 9.53 Å². The summed E-state index contributed by atoms with van der Waals surface area (Å²) in [6.45, 7) is 6.67. The average Bonchev–Trinajstić information content (AvgIpc) is 2.15. The lowest BCUT2D eigenvalue weighted by molar-refractivity contribution is 0.0465. The van der Waals surface area contributed by atoms with Gasteiger partial charge >= 0.3 is 5.97 Å². The number of hydrogen-bond acceptors (Lipinski definition) is 3. The first-order chi connectivity index (χ1) is 7.79. The molecular formula is C13H18ClNO2. The molecule has 0 unspecified atom stereocenters. The third-order valence-electron chi connectivity index (χ3n) is 2.30. The Hall–Kier alpha value is -1.22. The van der Waals surface area contributed by atoms with Gasteiger partial charge in [0.2, 0.25) is 0 Å². The molecule has 1 aromatic carbocycles. The molecular weight excluding hydrogens is 238 g/mol. The Labute approximate surface area is 107 Å². The highest BCUT2D eigenvalue weighted by molar-refractivity contribution is 6.33. The molecule has 0 aliphatic carbocycles. The third-order valence-corrected chi connectivity index (χ3v) is 2.61. The second-order valence-corrected chi connectivity index (χ2v) is 5.59. The van der Waals surface area contributed by atoms with Gasteiger partial charge in [-0.05, 0) is 30.0 Å². The van der Waals surface area contributed by atoms with Crippen LogP contribution in [0.1, 0.15) is 37.6 Å². The van der Waals surface area contributed by atoms with E-state index >= 15 is 0 Å². The van der Waals surface area contributed by atoms with Gasteiger partial charge in [-0.2, -0.15) is 0 Å². The van der Waals surface area contributed by atoms with Gasteiger partial charge in [-0.3, -0.25) is 0 Å². The molecule has 0 spiro atoms. The first kappa shape index (κ1) is 13.8. The summed E-state index contributed by atoms with van der Waals surface area (Å²) in [5, 5.41) is 0.325. The average molecular weight is 256 g/mol. The Balaban J connectivity index is 2.59. The first-order valence-corrected chi connectivity index (χ1v) is 5.89. The molecule has 3 nitrogen and oxygen atoms in total. The maximum atomic E-state index is 11.7. The van der Waals surface area contributed by atoms with Gasteiger partial charge in [-0.15, -0.1) is 0 Å². The summed E-state index contributed by atoms with van der Waals surface area (Å²) < 4.78 is 5.16. The predicted octanol–water partition coefficient (Wildman–Crippen LogP) is 3.52. The van der Waals surface area contributed by atoms with Crippen molar-refractivity contribution in [2.75, 3.05) is 12.3 Å². The van der Waals surface area contributed by atoms with Crippen LogP contribution in [0.5, 0.6) is 0 Å². The van der Waals surface area contributed by atoms with Crippen LogP contribution < -0.4 is 5.73 Å². The van der Waals surface area contributed by atoms with Crippen molar-refractivity contribution in [3.63, 3.8) is 0 Å². The Bertz CT molecular complexity index is 410. The highest BCUT2D eigenvalue weighted by Gasteiger charge is 2.14. The molecule has 1 rings (SSSR count). The fourth-order valence-corrected chi connectivity index (χ4v) is 1.49. The van der Waals surface area contributed by atoms with Crippen LogP contribution in [0.15, 0.2) is 18.2 Å². The molecule has 0 saturated heterocycles. The smallest absolute Gasteiger partial charge is 0.339 e. The number of esters is 1. The highest BCUT2D eigenvalue weighted by Crippen LogP contribution is 2.21. The highest BCUT2D eigenvalue weighted by atomic mass is 35.5. The third kappa shape index (κ3) is 4.65. The van der Waals surface area contributed by atoms with E-state index in [9.17, 15) is 4.79 Å². The number of ether oxygens (including phenoxy) is 1. The number of rotatable bonds is 3. The van der Waals surface area contributed by atoms with Crippen LogP contribution in [0.2, 0.25) is 5.02 Å². The van der Waals surface area contributed by atoms with E-state index in [1.54, 1.807) is 18.2 Å². The molecule has 2 N–H and O–H groups in total. The van der Waals surface area contributed by atoms with Gasteiger partial charge in [0.15, 0.2) is 0 Å². The summed E-state index contributed by atoms with van der Waals surface area (Å²) in [5.41, 5.74) is 6.58. The van der Waals surface area contributed by atoms with Crippen LogP contribution in [0.4, 0.5) is 5.69 Å². The standard InChI is InChI=1S/C13H18ClNO2/c1-13(2,3)6-7-17-12(16)10-5-4-9(15)8-11(10)14/h4-5,8H,6-7,15H2,1-3H3. The van der Waals surface area contributed by atoms with Crippen molar-refractivity contribution in [2.24, 2.45) is 5.41 Å². The maximum Gasteiger partial charge on any atom is 0.339 e. The molecule has 1 aromatic rings. The summed E-state index contributed by atoms with van der Waals surface area (Å²) in [4.78, 5) is 11.7. The summed E-state index contributed by atoms with van der Waals surface area (Å²) in [7, 11) is 0. The van der Waals surface area contributed by atoms with Crippen molar-refractivity contribution in [2.45, 2.75) is 27.2 Å². The summed E-state index contributed by atoms with van der Waals surface area (Å²) in [5.74, 6) is -0.403. The fraction of sp³-hybridized carbons (Fsp3) is 0.462. The van der Waals surface area contributed by atoms with Crippen molar-refractivity contribution in [3.8, 4) is 0 Å². The summed E-state index contributed by atoms with van der Waals surface area (Å²) in [6, 6.07) is 4.76. The van der Waals surface area contributed by atoms with Crippen molar-refractivity contribution in [3.05, 3.63) is 28.8 Å². The predicted molar refractivity (Wildman–Crippen MR) is 70.2 cm³/mol. The number of nitrogens with two attached hydrogens (primary N) is 1. The largest absolute Gasteiger partial charge is 0.462 e. The molecule has 0 amide bonds. The monoisotopic (exact) mass is 255 g/mol. The van der Waals surface area contributed by atoms with Gasteiger partial charge in [-0.1, -0.05) is 32.4 Å². The van der Waals surface area contributed by atoms with Crippen LogP contribution in [0, 0.1) is 5.41 Å². The molecule has 0 aromatic heterocycles. The van der Waals surface area contributed by atoms with E-state index in [4.69, 9.17) is 22.1 Å². The van der Waals surface area contributed by atoms with Crippen LogP contribution in [-0.4, -0.2) is 12.6 Å². The molecule has 0 bridgehead atoms. The number of halogens is 1. The second kappa shape index (κ2) is 5.41. The van der Waals surface area contributed by atoms with E-state index in [0.717, 1.165) is 6.42 Å². The van der Waals surface area contributed by atoms with E-state index in [1.165, 1.54) is 0 Å². The SMILES string of the molecule is CC(C)(C)CCOC(=O)c1ccc(N)cc1Cl. The molecule has 0 aliphatic rings. The lowest BCUT2D eigenvalue weighted by atomic mass is 9.93. The summed E-state index contributed by atoms with van der Waals surface area (Å²) >= 11 is 5.91. The minimum atomic E-state index is -0.403. The number of anilines is 1. The minimum Gasteiger partial charge on any atom is -0.462 e. The van der Waals surface area contributed by atoms with Crippen LogP contribution in [0.25, 0.3) is 0 Å². The molecule has 0 saturated carbocycles. The van der Waals surface area contributed by atoms with Crippen LogP contribution in [0.3, 0.4) is 0 Å². The van der Waals surface area contributed by atoms with E-state index in [2.05, 4.69) is 20.8 Å². The van der Waals surface area contributed by atoms with Gasteiger partial charge in [0.25, 0.3) is 0 Å². The molecule has 0 fully saturated rings. The zero-order chi connectivity index (χ0) is 13.1. The van der Waals surface area contributed by atoms with Crippen LogP contribution >= 0.6 is 11.6 Å². The number of benzene rings is 1. The number of hydrogen-bond donors (Lipinski definition) is 1. The molecule has 0 aliphatic heterocycles. The second-order valence-electron chi connectivity index (χ2n) is 5.19. The van der Waals surface area contributed by atoms with E-state index in [1.807, 2.05) is 0 Å². The molecule has 0 atom stereocenters. The lowest BCUT2D eigenvalue weighted by Gasteiger charge is -2.17. The van der Waals surface area contributed by atoms with E-state index in [-0.39, 0.29) is 5.41 Å². The van der Waals surface area contributed by atoms with Gasteiger partial charge in [0, 0.05) is 5.69 Å². The van der Waals surface area contributed by atoms with E-state index < -0.39 is 5.97 Å². The molecule has 0 radical (unpaired) electrons. The molecule has 0 heterocycles. The van der Waals surface area contributed by atoms with Gasteiger partial charge in [-0.25, -0.2) is 4.79 Å². The van der Waals surface area contributed by atoms with Crippen molar-refractivity contribution in [1.29, 1.82) is 0 Å². The molecule has 4 heteroatoms. The molecule has 17 heavy (non-hydrogen) atoms. The zero-order valence-corrected chi connectivity index (χ0v) is 11.2. The quantitative estimate of drug-likeness (QED) is 0.664. The maximum absolute atomic E-state index is 11.7. The van der Waals surface area contributed by atoms with Crippen molar-refractivity contribution in [1.82, 2.24) is 0 Å². The first-order valence-electron chi connectivity index (χ1n) is 5.52. The minimum absolute atomic E-state index is 0.144. The van der Waals surface area contributed by atoms with Gasteiger partial charge in [0.05, 0.1) is 17.2 Å². The Morgan fingerprint density at radius 1 is 1.41 bits per heavy atom. The van der Waals surface area contributed by atoms with Crippen molar-refractivity contribution >= 4 is 23.3 Å². The zero-order valence-electron chi connectivity index (χ0n) is 10.4. The lowest BCUT2D eigenvalue weighted by Crippen LogP contribution is -2.13. The Morgan fingerprint density at radius 3 is 2.59 bits per heavy atom. The Kier molecular flexibility index (Phi) is 4.40. The Morgan fingerprint density at radius 2 is 2.06 bits per heavy atom. The number of carbonyl (C=O) groups is 1. The number of nitrogen functional groups attached to an aromatic ring is 1. The van der Waals surface area contributed by atoms with E-state index in [0.29, 0.717) is 22.9 Å². The summed E-state index contributed by atoms with van der Waals surface area (Å²) in [6.07, 6.45) is 0.811.